The van der Waals surface area contributed by atoms with Gasteiger partial charge in [0.2, 0.25) is 0 Å². The Hall–Kier alpha value is -2.08. The second-order valence-corrected chi connectivity index (χ2v) is 7.49. The minimum atomic E-state index is -0.533. The summed E-state index contributed by atoms with van der Waals surface area (Å²) in [4.78, 5) is 35.7. The summed E-state index contributed by atoms with van der Waals surface area (Å²) in [5.74, 6) is -0.178. The van der Waals surface area contributed by atoms with Crippen molar-refractivity contribution in [1.29, 1.82) is 0 Å². The first-order valence-electron chi connectivity index (χ1n) is 9.36. The van der Waals surface area contributed by atoms with Gasteiger partial charge in [-0.2, -0.15) is 0 Å². The van der Waals surface area contributed by atoms with E-state index in [1.54, 1.807) is 24.3 Å². The number of rotatable bonds is 7. The molecule has 6 nitrogen and oxygen atoms in total. The summed E-state index contributed by atoms with van der Waals surface area (Å²) in [5, 5.41) is 5.91. The van der Waals surface area contributed by atoms with E-state index in [9.17, 15) is 14.4 Å². The number of esters is 1. The van der Waals surface area contributed by atoms with Crippen LogP contribution in [0.5, 0.6) is 0 Å². The molecule has 2 N–H and O–H groups in total. The van der Waals surface area contributed by atoms with Crippen molar-refractivity contribution in [2.24, 2.45) is 11.8 Å². The van der Waals surface area contributed by atoms with Crippen LogP contribution in [0.3, 0.4) is 0 Å². The van der Waals surface area contributed by atoms with E-state index < -0.39 is 5.97 Å². The van der Waals surface area contributed by atoms with Crippen molar-refractivity contribution >= 4 is 29.4 Å². The molecule has 0 saturated heterocycles. The molecular weight excluding hydrogens is 368 g/mol. The fourth-order valence-corrected chi connectivity index (χ4v) is 3.49. The Bertz CT molecular complexity index is 680. The maximum atomic E-state index is 12.0. The highest BCUT2D eigenvalue weighted by Gasteiger charge is 2.28. The molecule has 0 unspecified atom stereocenters. The quantitative estimate of drug-likeness (QED) is 0.696. The van der Waals surface area contributed by atoms with Crippen molar-refractivity contribution in [3.63, 3.8) is 0 Å². The van der Waals surface area contributed by atoms with Crippen LogP contribution >= 0.6 is 11.6 Å². The number of benzene rings is 1. The standard InChI is InChI=1S/C20H27ClN2O4/c1-13-6-5-9-17(14(13)2)23-18(24)12-27-19(25)10-11-22-20(26)15-7-3-4-8-16(15)21/h3-4,7-8,13-14,17H,5-6,9-12H2,1-2H3,(H,22,26)(H,23,24)/t13-,14-,17-/m1/s1. The van der Waals surface area contributed by atoms with Gasteiger partial charge in [-0.1, -0.05) is 50.4 Å². The van der Waals surface area contributed by atoms with E-state index in [-0.39, 0.29) is 37.4 Å². The lowest BCUT2D eigenvalue weighted by molar-refractivity contribution is -0.148. The molecule has 27 heavy (non-hydrogen) atoms. The molecule has 1 fully saturated rings. The summed E-state index contributed by atoms with van der Waals surface area (Å²) in [6, 6.07) is 6.80. The van der Waals surface area contributed by atoms with Crippen LogP contribution in [0, 0.1) is 11.8 Å². The lowest BCUT2D eigenvalue weighted by Crippen LogP contribution is -2.45. The van der Waals surface area contributed by atoms with Crippen molar-refractivity contribution in [2.45, 2.75) is 45.6 Å². The summed E-state index contributed by atoms with van der Waals surface area (Å²) < 4.78 is 4.99. The van der Waals surface area contributed by atoms with E-state index in [4.69, 9.17) is 16.3 Å². The Balaban J connectivity index is 1.65. The van der Waals surface area contributed by atoms with Gasteiger partial charge in [0, 0.05) is 12.6 Å². The molecule has 0 aliphatic heterocycles. The number of carbonyl (C=O) groups excluding carboxylic acids is 3. The monoisotopic (exact) mass is 394 g/mol. The first-order chi connectivity index (χ1) is 12.9. The summed E-state index contributed by atoms with van der Waals surface area (Å²) in [6.07, 6.45) is 3.23. The van der Waals surface area contributed by atoms with Crippen LogP contribution < -0.4 is 10.6 Å². The van der Waals surface area contributed by atoms with Crippen molar-refractivity contribution in [3.05, 3.63) is 34.9 Å². The highest BCUT2D eigenvalue weighted by molar-refractivity contribution is 6.33. The van der Waals surface area contributed by atoms with Gasteiger partial charge in [0.05, 0.1) is 17.0 Å². The lowest BCUT2D eigenvalue weighted by atomic mass is 9.78. The smallest absolute Gasteiger partial charge is 0.308 e. The average Bonchev–Trinajstić information content (AvgIpc) is 2.64. The predicted octanol–water partition coefficient (Wildman–Crippen LogP) is 2.94. The number of carbonyl (C=O) groups is 3. The van der Waals surface area contributed by atoms with Crippen LogP contribution in [0.15, 0.2) is 24.3 Å². The second kappa shape index (κ2) is 10.3. The largest absolute Gasteiger partial charge is 0.456 e. The zero-order chi connectivity index (χ0) is 19.8. The Morgan fingerprint density at radius 1 is 1.19 bits per heavy atom. The number of nitrogens with one attached hydrogen (secondary N) is 2. The third-order valence-electron chi connectivity index (χ3n) is 5.15. The molecule has 1 saturated carbocycles. The highest BCUT2D eigenvalue weighted by Crippen LogP contribution is 2.29. The molecule has 2 rings (SSSR count). The SMILES string of the molecule is C[C@@H]1[C@H](C)CCC[C@H]1NC(=O)COC(=O)CCNC(=O)c1ccccc1Cl. The van der Waals surface area contributed by atoms with Gasteiger partial charge < -0.3 is 15.4 Å². The highest BCUT2D eigenvalue weighted by atomic mass is 35.5. The number of hydrogen-bond donors (Lipinski definition) is 2. The fraction of sp³-hybridized carbons (Fsp3) is 0.550. The Labute approximate surface area is 165 Å². The molecular formula is C20H27ClN2O4. The normalized spacial score (nSPS) is 22.0. The fourth-order valence-electron chi connectivity index (χ4n) is 3.27. The Morgan fingerprint density at radius 3 is 2.67 bits per heavy atom. The summed E-state index contributed by atoms with van der Waals surface area (Å²) >= 11 is 5.95. The lowest BCUT2D eigenvalue weighted by Gasteiger charge is -2.34. The van der Waals surface area contributed by atoms with Gasteiger partial charge in [0.1, 0.15) is 0 Å². The van der Waals surface area contributed by atoms with Crippen LogP contribution in [-0.2, 0) is 14.3 Å². The van der Waals surface area contributed by atoms with Crippen molar-refractivity contribution < 1.29 is 19.1 Å². The van der Waals surface area contributed by atoms with E-state index in [1.807, 2.05) is 0 Å². The zero-order valence-corrected chi connectivity index (χ0v) is 16.6. The van der Waals surface area contributed by atoms with E-state index in [1.165, 1.54) is 6.42 Å². The number of ether oxygens (including phenoxy) is 1. The van der Waals surface area contributed by atoms with Crippen LogP contribution in [0.2, 0.25) is 5.02 Å². The number of halogens is 1. The molecule has 3 atom stereocenters. The molecule has 0 radical (unpaired) electrons. The minimum absolute atomic E-state index is 0.0136. The molecule has 7 heteroatoms. The average molecular weight is 395 g/mol. The molecule has 1 aromatic carbocycles. The Morgan fingerprint density at radius 2 is 1.93 bits per heavy atom. The maximum Gasteiger partial charge on any atom is 0.308 e. The molecule has 1 aliphatic rings. The van der Waals surface area contributed by atoms with Crippen molar-refractivity contribution in [3.8, 4) is 0 Å². The molecule has 0 aromatic heterocycles. The molecule has 1 aliphatic carbocycles. The van der Waals surface area contributed by atoms with Gasteiger partial charge >= 0.3 is 5.97 Å². The van der Waals surface area contributed by atoms with Crippen LogP contribution in [-0.4, -0.2) is 37.0 Å². The first kappa shape index (κ1) is 21.2. The molecule has 0 bridgehead atoms. The van der Waals surface area contributed by atoms with Gasteiger partial charge in [-0.15, -0.1) is 0 Å². The predicted molar refractivity (Wildman–Crippen MR) is 103 cm³/mol. The van der Waals surface area contributed by atoms with E-state index in [2.05, 4.69) is 24.5 Å². The molecule has 2 amide bonds. The zero-order valence-electron chi connectivity index (χ0n) is 15.8. The van der Waals surface area contributed by atoms with Gasteiger partial charge in [0.15, 0.2) is 6.61 Å². The second-order valence-electron chi connectivity index (χ2n) is 7.09. The third-order valence-corrected chi connectivity index (χ3v) is 5.48. The van der Waals surface area contributed by atoms with Gasteiger partial charge in [0.25, 0.3) is 11.8 Å². The van der Waals surface area contributed by atoms with Crippen LogP contribution in [0.1, 0.15) is 49.9 Å². The van der Waals surface area contributed by atoms with E-state index >= 15 is 0 Å². The van der Waals surface area contributed by atoms with Crippen molar-refractivity contribution in [2.75, 3.05) is 13.2 Å². The first-order valence-corrected chi connectivity index (χ1v) is 9.74. The van der Waals surface area contributed by atoms with E-state index in [0.29, 0.717) is 22.4 Å². The topological polar surface area (TPSA) is 84.5 Å². The minimum Gasteiger partial charge on any atom is -0.456 e. The van der Waals surface area contributed by atoms with Gasteiger partial charge in [-0.25, -0.2) is 0 Å². The van der Waals surface area contributed by atoms with Gasteiger partial charge in [-0.3, -0.25) is 14.4 Å². The summed E-state index contributed by atoms with van der Waals surface area (Å²) in [5.41, 5.74) is 0.350. The maximum absolute atomic E-state index is 12.0. The number of amides is 2. The molecule has 0 spiro atoms. The summed E-state index contributed by atoms with van der Waals surface area (Å²) in [6.45, 7) is 4.15. The van der Waals surface area contributed by atoms with Crippen LogP contribution in [0.4, 0.5) is 0 Å². The number of hydrogen-bond acceptors (Lipinski definition) is 4. The van der Waals surface area contributed by atoms with Gasteiger partial charge in [-0.05, 0) is 30.4 Å². The molecule has 1 aromatic rings. The third kappa shape index (κ3) is 6.54. The van der Waals surface area contributed by atoms with Crippen molar-refractivity contribution in [1.82, 2.24) is 10.6 Å². The molecule has 0 heterocycles. The Kier molecular flexibility index (Phi) is 8.10. The molecule has 148 valence electrons. The summed E-state index contributed by atoms with van der Waals surface area (Å²) in [7, 11) is 0. The van der Waals surface area contributed by atoms with Crippen LogP contribution in [0.25, 0.3) is 0 Å². The van der Waals surface area contributed by atoms with E-state index in [0.717, 1.165) is 12.8 Å².